The van der Waals surface area contributed by atoms with Gasteiger partial charge in [0.25, 0.3) is 5.56 Å². The molecule has 0 bridgehead atoms. The summed E-state index contributed by atoms with van der Waals surface area (Å²) in [6, 6.07) is 11.8. The Morgan fingerprint density at radius 2 is 1.91 bits per heavy atom. The van der Waals surface area contributed by atoms with Gasteiger partial charge in [-0.3, -0.25) is 9.36 Å². The van der Waals surface area contributed by atoms with Crippen LogP contribution in [0.1, 0.15) is 31.0 Å². The molecule has 5 nitrogen and oxygen atoms in total. The molecule has 0 saturated carbocycles. The van der Waals surface area contributed by atoms with Gasteiger partial charge in [0.15, 0.2) is 0 Å². The molecule has 5 heteroatoms. The van der Waals surface area contributed by atoms with Crippen LogP contribution in [0.15, 0.2) is 47.4 Å². The van der Waals surface area contributed by atoms with Crippen LogP contribution < -0.4 is 10.9 Å². The molecule has 3 aromatic rings. The van der Waals surface area contributed by atoms with E-state index in [9.17, 15) is 4.79 Å². The summed E-state index contributed by atoms with van der Waals surface area (Å²) in [6.07, 6.45) is 1.75. The first-order valence-electron chi connectivity index (χ1n) is 7.78. The van der Waals surface area contributed by atoms with Crippen molar-refractivity contribution >= 4 is 17.0 Å². The van der Waals surface area contributed by atoms with Gasteiger partial charge in [-0.15, -0.1) is 0 Å². The number of aryl methyl sites for hydroxylation is 2. The maximum atomic E-state index is 11.9. The summed E-state index contributed by atoms with van der Waals surface area (Å²) < 4.78 is 1.65. The molecule has 1 aromatic carbocycles. The van der Waals surface area contributed by atoms with Crippen LogP contribution in [0.3, 0.4) is 0 Å². The number of fused-ring (bicyclic) bond motifs is 1. The fraction of sp³-hybridized carbons (Fsp3) is 0.278. The highest BCUT2D eigenvalue weighted by Gasteiger charge is 2.09. The van der Waals surface area contributed by atoms with Crippen molar-refractivity contribution in [3.63, 3.8) is 0 Å². The van der Waals surface area contributed by atoms with E-state index < -0.39 is 0 Å². The summed E-state index contributed by atoms with van der Waals surface area (Å²) in [5.74, 6) is 0.526. The summed E-state index contributed by atoms with van der Waals surface area (Å²) in [5.41, 5.74) is 3.01. The quantitative estimate of drug-likeness (QED) is 0.803. The first-order valence-corrected chi connectivity index (χ1v) is 7.78. The molecule has 118 valence electrons. The first kappa shape index (κ1) is 15.2. The highest BCUT2D eigenvalue weighted by molar-refractivity contribution is 5.75. The molecular weight excluding hydrogens is 288 g/mol. The number of hydrogen-bond donors (Lipinski definition) is 1. The van der Waals surface area contributed by atoms with Crippen LogP contribution in [0.2, 0.25) is 0 Å². The zero-order valence-corrected chi connectivity index (χ0v) is 13.6. The van der Waals surface area contributed by atoms with Crippen molar-refractivity contribution in [2.24, 2.45) is 0 Å². The summed E-state index contributed by atoms with van der Waals surface area (Å²) in [4.78, 5) is 20.8. The maximum absolute atomic E-state index is 11.9. The molecule has 23 heavy (non-hydrogen) atoms. The Bertz CT molecular complexity index is 884. The molecule has 0 radical (unpaired) electrons. The second kappa shape index (κ2) is 6.20. The molecular formula is C18H20N4O. The molecule has 2 heterocycles. The van der Waals surface area contributed by atoms with Crippen molar-refractivity contribution < 1.29 is 0 Å². The molecule has 0 amide bonds. The third-order valence-corrected chi connectivity index (χ3v) is 3.96. The van der Waals surface area contributed by atoms with E-state index in [1.165, 1.54) is 11.1 Å². The van der Waals surface area contributed by atoms with Crippen molar-refractivity contribution in [1.82, 2.24) is 14.5 Å². The van der Waals surface area contributed by atoms with Gasteiger partial charge >= 0.3 is 0 Å². The first-order chi connectivity index (χ1) is 11.1. The highest BCUT2D eigenvalue weighted by atomic mass is 16.1. The molecule has 0 aliphatic rings. The molecule has 0 aliphatic heterocycles. The molecule has 0 spiro atoms. The van der Waals surface area contributed by atoms with Crippen molar-refractivity contribution in [3.8, 4) is 0 Å². The van der Waals surface area contributed by atoms with Gasteiger partial charge in [-0.1, -0.05) is 29.8 Å². The average molecular weight is 308 g/mol. The third-order valence-electron chi connectivity index (χ3n) is 3.96. The lowest BCUT2D eigenvalue weighted by Gasteiger charge is -2.15. The Balaban J connectivity index is 1.94. The molecule has 0 unspecified atom stereocenters. The summed E-state index contributed by atoms with van der Waals surface area (Å²) >= 11 is 0. The van der Waals surface area contributed by atoms with E-state index in [1.54, 1.807) is 22.9 Å². The molecule has 3 rings (SSSR count). The van der Waals surface area contributed by atoms with E-state index >= 15 is 0 Å². The van der Waals surface area contributed by atoms with Crippen LogP contribution in [0.4, 0.5) is 5.95 Å². The van der Waals surface area contributed by atoms with Crippen LogP contribution in [-0.2, 0) is 6.54 Å². The minimum atomic E-state index is -0.0452. The molecule has 1 atom stereocenters. The van der Waals surface area contributed by atoms with Crippen molar-refractivity contribution in [3.05, 3.63) is 64.1 Å². The van der Waals surface area contributed by atoms with Gasteiger partial charge in [-0.25, -0.2) is 4.98 Å². The Labute approximate surface area is 135 Å². The van der Waals surface area contributed by atoms with E-state index in [4.69, 9.17) is 0 Å². The molecule has 0 saturated heterocycles. The van der Waals surface area contributed by atoms with Crippen molar-refractivity contribution in [1.29, 1.82) is 0 Å². The predicted molar refractivity (Wildman–Crippen MR) is 92.7 cm³/mol. The van der Waals surface area contributed by atoms with Gasteiger partial charge in [0.1, 0.15) is 5.65 Å². The number of benzene rings is 1. The van der Waals surface area contributed by atoms with Crippen molar-refractivity contribution in [2.75, 3.05) is 5.32 Å². The fourth-order valence-electron chi connectivity index (χ4n) is 2.58. The number of nitrogens with zero attached hydrogens (tertiary/aromatic N) is 3. The zero-order chi connectivity index (χ0) is 16.4. The van der Waals surface area contributed by atoms with E-state index in [0.29, 0.717) is 18.1 Å². The Morgan fingerprint density at radius 3 is 2.61 bits per heavy atom. The Kier molecular flexibility index (Phi) is 4.10. The molecule has 2 aromatic heterocycles. The molecule has 0 aliphatic carbocycles. The number of nitrogens with one attached hydrogen (secondary N) is 1. The van der Waals surface area contributed by atoms with E-state index in [-0.39, 0.29) is 11.6 Å². The number of anilines is 1. The van der Waals surface area contributed by atoms with Crippen LogP contribution in [-0.4, -0.2) is 14.5 Å². The van der Waals surface area contributed by atoms with Crippen LogP contribution in [0.5, 0.6) is 0 Å². The van der Waals surface area contributed by atoms with Gasteiger partial charge < -0.3 is 5.32 Å². The number of hydrogen-bond acceptors (Lipinski definition) is 4. The predicted octanol–water partition coefficient (Wildman–Crippen LogP) is 3.29. The van der Waals surface area contributed by atoms with E-state index in [2.05, 4.69) is 53.4 Å². The molecule has 1 N–H and O–H groups in total. The zero-order valence-electron chi connectivity index (χ0n) is 13.6. The van der Waals surface area contributed by atoms with Crippen LogP contribution in [0, 0.1) is 6.92 Å². The smallest absolute Gasteiger partial charge is 0.252 e. The third kappa shape index (κ3) is 3.08. The van der Waals surface area contributed by atoms with Crippen LogP contribution in [0.25, 0.3) is 11.0 Å². The summed E-state index contributed by atoms with van der Waals surface area (Å²) in [7, 11) is 0. The topological polar surface area (TPSA) is 59.8 Å². The fourth-order valence-corrected chi connectivity index (χ4v) is 2.58. The van der Waals surface area contributed by atoms with E-state index in [1.807, 2.05) is 6.92 Å². The lowest BCUT2D eigenvalue weighted by molar-refractivity contribution is 0.747. The minimum absolute atomic E-state index is 0.0452. The minimum Gasteiger partial charge on any atom is -0.348 e. The monoisotopic (exact) mass is 308 g/mol. The second-order valence-corrected chi connectivity index (χ2v) is 5.67. The largest absolute Gasteiger partial charge is 0.348 e. The maximum Gasteiger partial charge on any atom is 0.252 e. The lowest BCUT2D eigenvalue weighted by Crippen LogP contribution is -2.19. The van der Waals surface area contributed by atoms with Gasteiger partial charge in [0, 0.05) is 24.2 Å². The van der Waals surface area contributed by atoms with E-state index in [0.717, 1.165) is 5.39 Å². The Hall–Kier alpha value is -2.69. The SMILES string of the molecule is CCn1c(=O)ccc2cnc(N[C@@H](C)c3ccc(C)cc3)nc21. The number of rotatable bonds is 4. The Morgan fingerprint density at radius 1 is 1.17 bits per heavy atom. The standard InChI is InChI=1S/C18H20N4O/c1-4-22-16(23)10-9-15-11-19-18(21-17(15)22)20-13(3)14-7-5-12(2)6-8-14/h5-11,13H,4H2,1-3H3,(H,19,20,21)/t13-/m0/s1. The number of pyridine rings is 1. The highest BCUT2D eigenvalue weighted by Crippen LogP contribution is 2.18. The summed E-state index contributed by atoms with van der Waals surface area (Å²) in [5, 5.41) is 4.16. The van der Waals surface area contributed by atoms with Gasteiger partial charge in [-0.05, 0) is 32.4 Å². The molecule has 0 fully saturated rings. The van der Waals surface area contributed by atoms with Crippen molar-refractivity contribution in [2.45, 2.75) is 33.4 Å². The summed E-state index contributed by atoms with van der Waals surface area (Å²) in [6.45, 7) is 6.65. The normalized spacial score (nSPS) is 12.3. The van der Waals surface area contributed by atoms with Crippen LogP contribution >= 0.6 is 0 Å². The lowest BCUT2D eigenvalue weighted by atomic mass is 10.1. The van der Waals surface area contributed by atoms with Gasteiger partial charge in [0.05, 0.1) is 6.04 Å². The number of aromatic nitrogens is 3. The van der Waals surface area contributed by atoms with Gasteiger partial charge in [-0.2, -0.15) is 4.98 Å². The van der Waals surface area contributed by atoms with Gasteiger partial charge in [0.2, 0.25) is 5.95 Å². The second-order valence-electron chi connectivity index (χ2n) is 5.67. The average Bonchev–Trinajstić information content (AvgIpc) is 2.55.